The molecule has 10 heteroatoms. The molecule has 1 N–H and O–H groups in total. The number of nitrogens with one attached hydrogen (secondary N) is 1. The first-order valence-corrected chi connectivity index (χ1v) is 12.2. The Hall–Kier alpha value is -2.97. The summed E-state index contributed by atoms with van der Waals surface area (Å²) in [6, 6.07) is 18.8. The van der Waals surface area contributed by atoms with Crippen LogP contribution in [0.15, 0.2) is 71.6 Å². The Kier molecular flexibility index (Phi) is 8.03. The molecule has 1 saturated heterocycles. The second-order valence-electron chi connectivity index (χ2n) is 7.43. The highest BCUT2D eigenvalue weighted by Gasteiger charge is 2.36. The van der Waals surface area contributed by atoms with Crippen LogP contribution in [0.3, 0.4) is 0 Å². The minimum Gasteiger partial charge on any atom is -0.488 e. The van der Waals surface area contributed by atoms with Gasteiger partial charge in [-0.3, -0.25) is 19.3 Å². The van der Waals surface area contributed by atoms with E-state index in [9.17, 15) is 14.4 Å². The monoisotopic (exact) mass is 546 g/mol. The van der Waals surface area contributed by atoms with Crippen LogP contribution in [0, 0.1) is 0 Å². The van der Waals surface area contributed by atoms with Crippen LogP contribution in [0.5, 0.6) is 5.75 Å². The topological polar surface area (TPSA) is 75.7 Å². The first-order valence-electron chi connectivity index (χ1n) is 10.3. The molecular weight excluding hydrogens is 531 g/mol. The van der Waals surface area contributed by atoms with Crippen molar-refractivity contribution in [2.45, 2.75) is 6.61 Å². The summed E-state index contributed by atoms with van der Waals surface area (Å²) in [6.45, 7) is -0.184. The molecule has 4 rings (SSSR count). The van der Waals surface area contributed by atoms with Crippen LogP contribution < -0.4 is 10.1 Å². The molecule has 0 bridgehead atoms. The number of thioether (sulfide) groups is 1. The van der Waals surface area contributed by atoms with E-state index in [0.29, 0.717) is 32.1 Å². The predicted molar refractivity (Wildman–Crippen MR) is 140 cm³/mol. The summed E-state index contributed by atoms with van der Waals surface area (Å²) < 4.78 is 5.92. The maximum absolute atomic E-state index is 12.9. The molecule has 178 valence electrons. The molecule has 0 radical (unpaired) electrons. The van der Waals surface area contributed by atoms with E-state index in [-0.39, 0.29) is 11.5 Å². The van der Waals surface area contributed by atoms with Gasteiger partial charge in [0.05, 0.1) is 4.91 Å². The molecule has 3 amide bonds. The fourth-order valence-corrected chi connectivity index (χ4v) is 4.65. The number of imide groups is 1. The summed E-state index contributed by atoms with van der Waals surface area (Å²) >= 11 is 18.8. The molecule has 3 aromatic carbocycles. The van der Waals surface area contributed by atoms with Gasteiger partial charge in [0, 0.05) is 26.3 Å². The molecule has 1 heterocycles. The van der Waals surface area contributed by atoms with Gasteiger partial charge in [0.2, 0.25) is 5.91 Å². The summed E-state index contributed by atoms with van der Waals surface area (Å²) in [5.74, 6) is -0.633. The molecule has 1 aliphatic rings. The molecule has 3 aromatic rings. The lowest BCUT2D eigenvalue weighted by molar-refractivity contribution is -0.127. The Morgan fingerprint density at radius 1 is 0.943 bits per heavy atom. The smallest absolute Gasteiger partial charge is 0.294 e. The molecular formula is C25H17Cl3N2O4S. The van der Waals surface area contributed by atoms with Gasteiger partial charge in [-0.15, -0.1) is 0 Å². The van der Waals surface area contributed by atoms with Crippen LogP contribution in [-0.4, -0.2) is 28.5 Å². The zero-order chi connectivity index (χ0) is 24.9. The van der Waals surface area contributed by atoms with Crippen molar-refractivity contribution in [3.05, 3.63) is 97.8 Å². The van der Waals surface area contributed by atoms with Gasteiger partial charge < -0.3 is 10.1 Å². The maximum atomic E-state index is 12.9. The number of carbonyl (C=O) groups excluding carboxylic acids is 3. The van der Waals surface area contributed by atoms with Crippen LogP contribution in [0.25, 0.3) is 6.08 Å². The number of anilines is 1. The highest BCUT2D eigenvalue weighted by molar-refractivity contribution is 8.18. The summed E-state index contributed by atoms with van der Waals surface area (Å²) in [4.78, 5) is 38.8. The minimum atomic E-state index is -0.581. The number of rotatable bonds is 7. The number of hydrogen-bond acceptors (Lipinski definition) is 5. The van der Waals surface area contributed by atoms with Crippen LogP contribution in [-0.2, 0) is 16.2 Å². The molecule has 35 heavy (non-hydrogen) atoms. The Morgan fingerprint density at radius 3 is 2.40 bits per heavy atom. The fraction of sp³-hybridized carbons (Fsp3) is 0.0800. The molecule has 0 spiro atoms. The van der Waals surface area contributed by atoms with E-state index in [0.717, 1.165) is 22.2 Å². The van der Waals surface area contributed by atoms with Crippen molar-refractivity contribution in [2.75, 3.05) is 11.9 Å². The number of nitrogens with zero attached hydrogens (tertiary/aromatic N) is 1. The zero-order valence-corrected chi connectivity index (χ0v) is 21.0. The van der Waals surface area contributed by atoms with Gasteiger partial charge in [-0.05, 0) is 71.9 Å². The lowest BCUT2D eigenvalue weighted by atomic mass is 10.1. The third kappa shape index (κ3) is 6.58. The number of halogens is 3. The zero-order valence-electron chi connectivity index (χ0n) is 18.0. The standard InChI is InChI=1S/C25H17Cl3N2O4S/c26-17-4-1-3-15(9-17)14-34-21-8-7-19(28)10-16(21)11-22-24(32)30(25(33)35-22)13-23(31)29-20-6-2-5-18(27)12-20/h1-12H,13-14H2,(H,29,31)/b22-11+. The Balaban J connectivity index is 1.48. The highest BCUT2D eigenvalue weighted by atomic mass is 35.5. The SMILES string of the molecule is O=C(CN1C(=O)S/C(=C/c2cc(Cl)ccc2OCc2cccc(Cl)c2)C1=O)Nc1cccc(Cl)c1. The molecule has 0 saturated carbocycles. The molecule has 0 aliphatic carbocycles. The van der Waals surface area contributed by atoms with Gasteiger partial charge in [-0.25, -0.2) is 0 Å². The van der Waals surface area contributed by atoms with E-state index in [1.807, 2.05) is 12.1 Å². The number of ether oxygens (including phenoxy) is 1. The van der Waals surface area contributed by atoms with Crippen molar-refractivity contribution in [1.82, 2.24) is 4.90 Å². The molecule has 6 nitrogen and oxygen atoms in total. The number of hydrogen-bond donors (Lipinski definition) is 1. The Morgan fingerprint density at radius 2 is 1.66 bits per heavy atom. The van der Waals surface area contributed by atoms with Crippen molar-refractivity contribution >= 4 is 75.4 Å². The lowest BCUT2D eigenvalue weighted by Crippen LogP contribution is -2.36. The summed E-state index contributed by atoms with van der Waals surface area (Å²) in [7, 11) is 0. The van der Waals surface area contributed by atoms with Crippen LogP contribution in [0.1, 0.15) is 11.1 Å². The van der Waals surface area contributed by atoms with Gasteiger partial charge in [0.1, 0.15) is 18.9 Å². The van der Waals surface area contributed by atoms with Gasteiger partial charge in [-0.2, -0.15) is 0 Å². The molecule has 0 aromatic heterocycles. The lowest BCUT2D eigenvalue weighted by Gasteiger charge is -2.13. The first-order chi connectivity index (χ1) is 16.8. The van der Waals surface area contributed by atoms with Crippen molar-refractivity contribution in [3.8, 4) is 5.75 Å². The van der Waals surface area contributed by atoms with Crippen LogP contribution in [0.2, 0.25) is 15.1 Å². The molecule has 1 fully saturated rings. The average molecular weight is 548 g/mol. The van der Waals surface area contributed by atoms with Crippen molar-refractivity contribution in [3.63, 3.8) is 0 Å². The second kappa shape index (κ2) is 11.2. The summed E-state index contributed by atoms with van der Waals surface area (Å²) in [6.07, 6.45) is 1.53. The van der Waals surface area contributed by atoms with E-state index >= 15 is 0 Å². The third-order valence-electron chi connectivity index (χ3n) is 4.83. The number of benzene rings is 3. The van der Waals surface area contributed by atoms with Gasteiger partial charge in [0.15, 0.2) is 0 Å². The van der Waals surface area contributed by atoms with E-state index in [2.05, 4.69) is 5.32 Å². The van der Waals surface area contributed by atoms with Gasteiger partial charge in [0.25, 0.3) is 11.1 Å². The van der Waals surface area contributed by atoms with Crippen molar-refractivity contribution in [2.24, 2.45) is 0 Å². The van der Waals surface area contributed by atoms with Gasteiger partial charge >= 0.3 is 0 Å². The predicted octanol–water partition coefficient (Wildman–Crippen LogP) is 6.90. The van der Waals surface area contributed by atoms with E-state index in [4.69, 9.17) is 39.5 Å². The number of amides is 3. The van der Waals surface area contributed by atoms with Gasteiger partial charge in [-0.1, -0.05) is 53.0 Å². The van der Waals surface area contributed by atoms with E-state index in [1.165, 1.54) is 6.08 Å². The minimum absolute atomic E-state index is 0.153. The van der Waals surface area contributed by atoms with E-state index < -0.39 is 23.6 Å². The van der Waals surface area contributed by atoms with Crippen LogP contribution in [0.4, 0.5) is 10.5 Å². The highest BCUT2D eigenvalue weighted by Crippen LogP contribution is 2.35. The first kappa shape index (κ1) is 25.1. The Bertz CT molecular complexity index is 1350. The largest absolute Gasteiger partial charge is 0.488 e. The third-order valence-corrected chi connectivity index (χ3v) is 6.44. The average Bonchev–Trinajstić information content (AvgIpc) is 3.06. The fourth-order valence-electron chi connectivity index (χ4n) is 3.24. The van der Waals surface area contributed by atoms with Crippen LogP contribution >= 0.6 is 46.6 Å². The number of carbonyl (C=O) groups is 3. The molecule has 1 aliphatic heterocycles. The Labute approximate surface area is 220 Å². The van der Waals surface area contributed by atoms with E-state index in [1.54, 1.807) is 54.6 Å². The normalized spacial score (nSPS) is 14.5. The summed E-state index contributed by atoms with van der Waals surface area (Å²) in [5.41, 5.74) is 1.85. The quantitative estimate of drug-likeness (QED) is 0.326. The summed E-state index contributed by atoms with van der Waals surface area (Å²) in [5, 5.41) is 3.55. The molecule has 0 atom stereocenters. The van der Waals surface area contributed by atoms with Crippen molar-refractivity contribution < 1.29 is 19.1 Å². The van der Waals surface area contributed by atoms with Crippen molar-refractivity contribution in [1.29, 1.82) is 0 Å². The maximum Gasteiger partial charge on any atom is 0.294 e. The molecule has 0 unspecified atom stereocenters. The second-order valence-corrected chi connectivity index (χ2v) is 9.73.